The summed E-state index contributed by atoms with van der Waals surface area (Å²) in [5.74, 6) is 0.865. The smallest absolute Gasteiger partial charge is 0.0377 e. The lowest BCUT2D eigenvalue weighted by Crippen LogP contribution is -2.45. The molecule has 0 radical (unpaired) electrons. The highest BCUT2D eigenvalue weighted by Crippen LogP contribution is 2.26. The van der Waals surface area contributed by atoms with E-state index in [1.54, 1.807) is 0 Å². The summed E-state index contributed by atoms with van der Waals surface area (Å²) in [5, 5.41) is 0. The number of nitrogens with zero attached hydrogens (tertiary/aromatic N) is 1. The average Bonchev–Trinajstić information content (AvgIpc) is 1.99. The highest BCUT2D eigenvalue weighted by molar-refractivity contribution is 9.10. The van der Waals surface area contributed by atoms with E-state index >= 15 is 0 Å². The van der Waals surface area contributed by atoms with Crippen LogP contribution in [0.25, 0.3) is 0 Å². The Hall–Kier alpha value is -0.500. The first-order valence-electron chi connectivity index (χ1n) is 4.26. The fourth-order valence-corrected chi connectivity index (χ4v) is 1.97. The van der Waals surface area contributed by atoms with Crippen molar-refractivity contribution < 1.29 is 0 Å². The Morgan fingerprint density at radius 3 is 2.75 bits per heavy atom. The van der Waals surface area contributed by atoms with Gasteiger partial charge in [-0.05, 0) is 24.1 Å². The largest absolute Gasteiger partial charge is 0.371 e. The van der Waals surface area contributed by atoms with Gasteiger partial charge in [-0.25, -0.2) is 0 Å². The maximum Gasteiger partial charge on any atom is 0.0377 e. The molecule has 12 heavy (non-hydrogen) atoms. The summed E-state index contributed by atoms with van der Waals surface area (Å²) in [6, 6.07) is 8.48. The van der Waals surface area contributed by atoms with Crippen LogP contribution in [0, 0.1) is 5.92 Å². The van der Waals surface area contributed by atoms with Crippen molar-refractivity contribution in [1.82, 2.24) is 0 Å². The Morgan fingerprint density at radius 1 is 1.42 bits per heavy atom. The zero-order valence-corrected chi connectivity index (χ0v) is 8.71. The number of benzene rings is 1. The van der Waals surface area contributed by atoms with Gasteiger partial charge in [-0.1, -0.05) is 28.9 Å². The van der Waals surface area contributed by atoms with Crippen LogP contribution in [0.2, 0.25) is 0 Å². The Morgan fingerprint density at radius 2 is 2.17 bits per heavy atom. The van der Waals surface area contributed by atoms with E-state index in [-0.39, 0.29) is 0 Å². The molecule has 0 saturated carbocycles. The third-order valence-electron chi connectivity index (χ3n) is 2.24. The minimum absolute atomic E-state index is 0.865. The fraction of sp³-hybridized carbons (Fsp3) is 0.400. The van der Waals surface area contributed by atoms with E-state index in [1.807, 2.05) is 0 Å². The van der Waals surface area contributed by atoms with Gasteiger partial charge in [-0.2, -0.15) is 0 Å². The van der Waals surface area contributed by atoms with Gasteiger partial charge in [0, 0.05) is 23.2 Å². The van der Waals surface area contributed by atoms with Crippen LogP contribution in [0.5, 0.6) is 0 Å². The molecule has 1 saturated heterocycles. The SMILES string of the molecule is CC1CN(c2cccc(Br)c2)C1. The lowest BCUT2D eigenvalue weighted by molar-refractivity contribution is 0.447. The van der Waals surface area contributed by atoms with Gasteiger partial charge in [-0.15, -0.1) is 0 Å². The quantitative estimate of drug-likeness (QED) is 0.711. The zero-order chi connectivity index (χ0) is 8.55. The molecule has 0 atom stereocenters. The van der Waals surface area contributed by atoms with E-state index in [0.717, 1.165) is 5.92 Å². The molecule has 0 amide bonds. The second-order valence-corrected chi connectivity index (χ2v) is 4.41. The average molecular weight is 226 g/mol. The maximum atomic E-state index is 3.47. The molecule has 1 fully saturated rings. The van der Waals surface area contributed by atoms with Crippen LogP contribution in [0.1, 0.15) is 6.92 Å². The molecule has 0 unspecified atom stereocenters. The number of rotatable bonds is 1. The van der Waals surface area contributed by atoms with Gasteiger partial charge >= 0.3 is 0 Å². The van der Waals surface area contributed by atoms with Gasteiger partial charge in [0.25, 0.3) is 0 Å². The van der Waals surface area contributed by atoms with E-state index in [0.29, 0.717) is 0 Å². The van der Waals surface area contributed by atoms with Gasteiger partial charge in [0.1, 0.15) is 0 Å². The minimum Gasteiger partial charge on any atom is -0.371 e. The van der Waals surface area contributed by atoms with Gasteiger partial charge in [-0.3, -0.25) is 0 Å². The summed E-state index contributed by atoms with van der Waals surface area (Å²) in [5.41, 5.74) is 1.34. The molecule has 0 spiro atoms. The molecule has 64 valence electrons. The standard InChI is InChI=1S/C10H12BrN/c1-8-6-12(7-8)10-4-2-3-9(11)5-10/h2-5,8H,6-7H2,1H3. The molecule has 2 rings (SSSR count). The first kappa shape index (κ1) is 8.11. The molecule has 2 heteroatoms. The van der Waals surface area contributed by atoms with Crippen LogP contribution in [0.15, 0.2) is 28.7 Å². The lowest BCUT2D eigenvalue weighted by atomic mass is 10.0. The number of hydrogen-bond acceptors (Lipinski definition) is 1. The Bertz CT molecular complexity index is 279. The molecule has 1 aromatic carbocycles. The predicted octanol–water partition coefficient (Wildman–Crippen LogP) is 2.91. The molecule has 0 aromatic heterocycles. The Kier molecular flexibility index (Phi) is 2.09. The van der Waals surface area contributed by atoms with E-state index in [4.69, 9.17) is 0 Å². The van der Waals surface area contributed by atoms with Gasteiger partial charge in [0.05, 0.1) is 0 Å². The van der Waals surface area contributed by atoms with Crippen molar-refractivity contribution in [3.8, 4) is 0 Å². The lowest BCUT2D eigenvalue weighted by Gasteiger charge is -2.39. The van der Waals surface area contributed by atoms with Crippen molar-refractivity contribution in [2.45, 2.75) is 6.92 Å². The highest BCUT2D eigenvalue weighted by atomic mass is 79.9. The first-order valence-corrected chi connectivity index (χ1v) is 5.05. The molecule has 1 heterocycles. The number of halogens is 1. The van der Waals surface area contributed by atoms with E-state index in [1.165, 1.54) is 23.2 Å². The van der Waals surface area contributed by atoms with Gasteiger partial charge in [0.15, 0.2) is 0 Å². The zero-order valence-electron chi connectivity index (χ0n) is 7.13. The van der Waals surface area contributed by atoms with Gasteiger partial charge in [0.2, 0.25) is 0 Å². The van der Waals surface area contributed by atoms with Crippen molar-refractivity contribution in [1.29, 1.82) is 0 Å². The first-order chi connectivity index (χ1) is 5.75. The summed E-state index contributed by atoms with van der Waals surface area (Å²) < 4.78 is 1.17. The summed E-state index contributed by atoms with van der Waals surface area (Å²) >= 11 is 3.47. The minimum atomic E-state index is 0.865. The maximum absolute atomic E-state index is 3.47. The topological polar surface area (TPSA) is 3.24 Å². The normalized spacial score (nSPS) is 17.7. The van der Waals surface area contributed by atoms with E-state index in [9.17, 15) is 0 Å². The third kappa shape index (κ3) is 1.48. The Labute approximate surface area is 81.5 Å². The van der Waals surface area contributed by atoms with E-state index in [2.05, 4.69) is 52.0 Å². The van der Waals surface area contributed by atoms with Crippen LogP contribution in [-0.2, 0) is 0 Å². The summed E-state index contributed by atoms with van der Waals surface area (Å²) in [6.45, 7) is 4.70. The highest BCUT2D eigenvalue weighted by Gasteiger charge is 2.22. The molecule has 1 aliphatic heterocycles. The van der Waals surface area contributed by atoms with Crippen LogP contribution < -0.4 is 4.90 Å². The molecule has 0 N–H and O–H groups in total. The van der Waals surface area contributed by atoms with E-state index < -0.39 is 0 Å². The van der Waals surface area contributed by atoms with Crippen molar-refractivity contribution in [3.63, 3.8) is 0 Å². The summed E-state index contributed by atoms with van der Waals surface area (Å²) in [7, 11) is 0. The molecule has 0 aliphatic carbocycles. The van der Waals surface area contributed by atoms with Crippen molar-refractivity contribution in [2.75, 3.05) is 18.0 Å². The van der Waals surface area contributed by atoms with Crippen molar-refractivity contribution in [3.05, 3.63) is 28.7 Å². The molecular formula is C10H12BrN. The van der Waals surface area contributed by atoms with Crippen LogP contribution in [0.3, 0.4) is 0 Å². The predicted molar refractivity (Wildman–Crippen MR) is 55.5 cm³/mol. The van der Waals surface area contributed by atoms with Crippen LogP contribution >= 0.6 is 15.9 Å². The number of anilines is 1. The monoisotopic (exact) mass is 225 g/mol. The summed E-state index contributed by atoms with van der Waals surface area (Å²) in [6.07, 6.45) is 0. The molecule has 1 nitrogen and oxygen atoms in total. The van der Waals surface area contributed by atoms with Crippen LogP contribution in [-0.4, -0.2) is 13.1 Å². The molecule has 1 aromatic rings. The molecule has 0 bridgehead atoms. The molecule has 1 aliphatic rings. The third-order valence-corrected chi connectivity index (χ3v) is 2.73. The Balaban J connectivity index is 2.13. The van der Waals surface area contributed by atoms with Crippen molar-refractivity contribution in [2.24, 2.45) is 5.92 Å². The molecular weight excluding hydrogens is 214 g/mol. The van der Waals surface area contributed by atoms with Crippen LogP contribution in [0.4, 0.5) is 5.69 Å². The second kappa shape index (κ2) is 3.09. The number of hydrogen-bond donors (Lipinski definition) is 0. The fourth-order valence-electron chi connectivity index (χ4n) is 1.58. The van der Waals surface area contributed by atoms with Crippen molar-refractivity contribution >= 4 is 21.6 Å². The summed E-state index contributed by atoms with van der Waals surface area (Å²) in [4.78, 5) is 2.40. The van der Waals surface area contributed by atoms with Gasteiger partial charge < -0.3 is 4.90 Å². The second-order valence-electron chi connectivity index (χ2n) is 3.49.